The van der Waals surface area contributed by atoms with Gasteiger partial charge in [-0.25, -0.2) is 0 Å². The fraction of sp³-hybridized carbons (Fsp3) is 0.300. The Morgan fingerprint density at radius 2 is 1.80 bits per heavy atom. The lowest BCUT2D eigenvalue weighted by Gasteiger charge is -2.37. The number of rotatable bonds is 4. The van der Waals surface area contributed by atoms with Gasteiger partial charge in [-0.3, -0.25) is 4.79 Å². The zero-order valence-corrected chi connectivity index (χ0v) is 14.1. The van der Waals surface area contributed by atoms with Gasteiger partial charge in [-0.05, 0) is 36.2 Å². The molecule has 1 unspecified atom stereocenters. The fourth-order valence-corrected chi connectivity index (χ4v) is 3.17. The minimum absolute atomic E-state index is 0.0185. The van der Waals surface area contributed by atoms with Crippen molar-refractivity contribution in [3.63, 3.8) is 0 Å². The number of amides is 1. The van der Waals surface area contributed by atoms with E-state index in [1.165, 1.54) is 5.69 Å². The summed E-state index contributed by atoms with van der Waals surface area (Å²) in [6.07, 6.45) is 0.452. The van der Waals surface area contributed by atoms with Crippen LogP contribution in [0.4, 0.5) is 5.69 Å². The third-order valence-electron chi connectivity index (χ3n) is 4.54. The predicted molar refractivity (Wildman–Crippen MR) is 98.1 cm³/mol. The van der Waals surface area contributed by atoms with Crippen LogP contribution < -0.4 is 10.6 Å². The first kappa shape index (κ1) is 17.0. The number of piperazine rings is 1. The summed E-state index contributed by atoms with van der Waals surface area (Å²) in [7, 11) is 0. The number of hydrogen-bond donors (Lipinski definition) is 1. The Balaban J connectivity index is 1.56. The summed E-state index contributed by atoms with van der Waals surface area (Å²) < 4.78 is 0. The maximum Gasteiger partial charge on any atom is 0.239 e. The number of hydrogen-bond acceptors (Lipinski definition) is 4. The number of anilines is 1. The maximum atomic E-state index is 12.6. The van der Waals surface area contributed by atoms with E-state index in [2.05, 4.69) is 23.1 Å². The van der Waals surface area contributed by atoms with Gasteiger partial charge in [-0.1, -0.05) is 30.3 Å². The van der Waals surface area contributed by atoms with Gasteiger partial charge >= 0.3 is 0 Å². The van der Waals surface area contributed by atoms with Crippen molar-refractivity contribution < 1.29 is 4.79 Å². The van der Waals surface area contributed by atoms with Crippen LogP contribution in [0.2, 0.25) is 0 Å². The number of carbonyl (C=O) groups is 1. The largest absolute Gasteiger partial charge is 0.368 e. The second kappa shape index (κ2) is 7.82. The second-order valence-electron chi connectivity index (χ2n) is 6.27. The molecule has 0 aromatic heterocycles. The summed E-state index contributed by atoms with van der Waals surface area (Å²) in [5.74, 6) is -0.0185. The summed E-state index contributed by atoms with van der Waals surface area (Å²) >= 11 is 0. The minimum atomic E-state index is -0.572. The van der Waals surface area contributed by atoms with Crippen LogP contribution >= 0.6 is 0 Å². The Labute approximate surface area is 148 Å². The highest BCUT2D eigenvalue weighted by atomic mass is 16.2. The Bertz CT molecular complexity index is 761. The first-order chi connectivity index (χ1) is 12.2. The number of benzene rings is 2. The third kappa shape index (κ3) is 4.17. The molecule has 2 aromatic rings. The lowest BCUT2D eigenvalue weighted by Crippen LogP contribution is -2.53. The van der Waals surface area contributed by atoms with Crippen molar-refractivity contribution in [2.24, 2.45) is 5.73 Å². The van der Waals surface area contributed by atoms with Crippen LogP contribution in [0, 0.1) is 11.3 Å². The van der Waals surface area contributed by atoms with Crippen LogP contribution in [0.25, 0.3) is 0 Å². The molecule has 3 rings (SSSR count). The molecule has 5 heteroatoms. The van der Waals surface area contributed by atoms with E-state index >= 15 is 0 Å². The highest BCUT2D eigenvalue weighted by molar-refractivity contribution is 5.82. The average molecular weight is 334 g/mol. The molecule has 5 nitrogen and oxygen atoms in total. The van der Waals surface area contributed by atoms with Crippen molar-refractivity contribution in [1.29, 1.82) is 5.26 Å². The topological polar surface area (TPSA) is 73.4 Å². The third-order valence-corrected chi connectivity index (χ3v) is 4.54. The highest BCUT2D eigenvalue weighted by Gasteiger charge is 2.25. The van der Waals surface area contributed by atoms with Crippen LogP contribution in [0.3, 0.4) is 0 Å². The summed E-state index contributed by atoms with van der Waals surface area (Å²) in [4.78, 5) is 16.7. The molecular weight excluding hydrogens is 312 g/mol. The number of nitrogens with zero attached hydrogens (tertiary/aromatic N) is 3. The van der Waals surface area contributed by atoms with Crippen molar-refractivity contribution in [2.75, 3.05) is 31.1 Å². The standard InChI is InChI=1S/C20H22N4O/c21-15-17-6-4-5-16(13-17)14-19(22)20(25)24-11-9-23(10-12-24)18-7-2-1-3-8-18/h1-8,13,19H,9-12,14,22H2. The summed E-state index contributed by atoms with van der Waals surface area (Å²) in [6, 6.07) is 19.0. The van der Waals surface area contributed by atoms with Gasteiger partial charge in [-0.15, -0.1) is 0 Å². The molecule has 2 N–H and O–H groups in total. The molecular formula is C20H22N4O. The average Bonchev–Trinajstić information content (AvgIpc) is 2.68. The van der Waals surface area contributed by atoms with Gasteiger partial charge in [0.05, 0.1) is 17.7 Å². The van der Waals surface area contributed by atoms with Gasteiger partial charge in [0, 0.05) is 31.9 Å². The van der Waals surface area contributed by atoms with E-state index in [-0.39, 0.29) is 5.91 Å². The lowest BCUT2D eigenvalue weighted by molar-refractivity contribution is -0.132. The molecule has 1 atom stereocenters. The van der Waals surface area contributed by atoms with Gasteiger partial charge in [0.1, 0.15) is 0 Å². The number of nitrogens with two attached hydrogens (primary N) is 1. The van der Waals surface area contributed by atoms with Crippen molar-refractivity contribution in [3.05, 3.63) is 65.7 Å². The summed E-state index contributed by atoms with van der Waals surface area (Å²) in [5, 5.41) is 8.97. The highest BCUT2D eigenvalue weighted by Crippen LogP contribution is 2.16. The first-order valence-electron chi connectivity index (χ1n) is 8.51. The first-order valence-corrected chi connectivity index (χ1v) is 8.51. The van der Waals surface area contributed by atoms with Gasteiger partial charge < -0.3 is 15.5 Å². The Kier molecular flexibility index (Phi) is 5.32. The fourth-order valence-electron chi connectivity index (χ4n) is 3.17. The van der Waals surface area contributed by atoms with Crippen molar-refractivity contribution in [3.8, 4) is 6.07 Å². The van der Waals surface area contributed by atoms with E-state index in [1.54, 1.807) is 12.1 Å². The Hall–Kier alpha value is -2.84. The van der Waals surface area contributed by atoms with Crippen LogP contribution in [0.1, 0.15) is 11.1 Å². The molecule has 128 valence electrons. The molecule has 0 radical (unpaired) electrons. The Morgan fingerprint density at radius 1 is 1.08 bits per heavy atom. The molecule has 0 spiro atoms. The van der Waals surface area contributed by atoms with Crippen LogP contribution in [0.15, 0.2) is 54.6 Å². The molecule has 2 aromatic carbocycles. The maximum absolute atomic E-state index is 12.6. The van der Waals surface area contributed by atoms with Crippen LogP contribution in [-0.2, 0) is 11.2 Å². The van der Waals surface area contributed by atoms with Gasteiger partial charge in [0.15, 0.2) is 0 Å². The van der Waals surface area contributed by atoms with E-state index in [4.69, 9.17) is 11.0 Å². The predicted octanol–water partition coefficient (Wildman–Crippen LogP) is 1.78. The van der Waals surface area contributed by atoms with Gasteiger partial charge in [0.2, 0.25) is 5.91 Å². The van der Waals surface area contributed by atoms with Crippen LogP contribution in [-0.4, -0.2) is 43.0 Å². The van der Waals surface area contributed by atoms with Crippen molar-refractivity contribution >= 4 is 11.6 Å². The molecule has 1 aliphatic heterocycles. The van der Waals surface area contributed by atoms with E-state index in [1.807, 2.05) is 35.2 Å². The number of carbonyl (C=O) groups excluding carboxylic acids is 1. The monoisotopic (exact) mass is 334 g/mol. The summed E-state index contributed by atoms with van der Waals surface area (Å²) in [5.41, 5.74) is 8.83. The van der Waals surface area contributed by atoms with E-state index < -0.39 is 6.04 Å². The number of para-hydroxylation sites is 1. The molecule has 0 saturated carbocycles. The molecule has 1 heterocycles. The van der Waals surface area contributed by atoms with Gasteiger partial charge in [-0.2, -0.15) is 5.26 Å². The molecule has 1 fully saturated rings. The molecule has 1 saturated heterocycles. The molecule has 1 aliphatic rings. The molecule has 1 amide bonds. The second-order valence-corrected chi connectivity index (χ2v) is 6.27. The minimum Gasteiger partial charge on any atom is -0.368 e. The SMILES string of the molecule is N#Cc1cccc(CC(N)C(=O)N2CCN(c3ccccc3)CC2)c1. The lowest BCUT2D eigenvalue weighted by atomic mass is 10.0. The normalized spacial score (nSPS) is 15.5. The van der Waals surface area contributed by atoms with Crippen molar-refractivity contribution in [1.82, 2.24) is 4.90 Å². The smallest absolute Gasteiger partial charge is 0.239 e. The zero-order valence-electron chi connectivity index (χ0n) is 14.1. The molecule has 0 bridgehead atoms. The molecule has 25 heavy (non-hydrogen) atoms. The number of nitriles is 1. The van der Waals surface area contributed by atoms with E-state index in [0.717, 1.165) is 18.7 Å². The van der Waals surface area contributed by atoms with E-state index in [0.29, 0.717) is 25.1 Å². The quantitative estimate of drug-likeness (QED) is 0.925. The van der Waals surface area contributed by atoms with Crippen LogP contribution in [0.5, 0.6) is 0 Å². The van der Waals surface area contributed by atoms with Gasteiger partial charge in [0.25, 0.3) is 0 Å². The van der Waals surface area contributed by atoms with Crippen molar-refractivity contribution in [2.45, 2.75) is 12.5 Å². The summed E-state index contributed by atoms with van der Waals surface area (Å²) in [6.45, 7) is 2.98. The zero-order chi connectivity index (χ0) is 17.6. The Morgan fingerprint density at radius 3 is 2.48 bits per heavy atom. The molecule has 0 aliphatic carbocycles. The van der Waals surface area contributed by atoms with E-state index in [9.17, 15) is 4.79 Å².